The fraction of sp³-hybridized carbons (Fsp3) is 0.650. The molecule has 23 heavy (non-hydrogen) atoms. The van der Waals surface area contributed by atoms with Crippen LogP contribution in [-0.4, -0.2) is 47.9 Å². The average Bonchev–Trinajstić information content (AvgIpc) is 3.25. The van der Waals surface area contributed by atoms with Gasteiger partial charge in [0.05, 0.1) is 0 Å². The average molecular weight is 314 g/mol. The fourth-order valence-corrected chi connectivity index (χ4v) is 3.92. The van der Waals surface area contributed by atoms with Crippen LogP contribution in [0.3, 0.4) is 0 Å². The summed E-state index contributed by atoms with van der Waals surface area (Å²) in [4.78, 5) is 17.5. The van der Waals surface area contributed by atoms with E-state index in [4.69, 9.17) is 0 Å². The molecule has 3 heteroatoms. The predicted molar refractivity (Wildman–Crippen MR) is 94.8 cm³/mol. The van der Waals surface area contributed by atoms with E-state index in [1.807, 2.05) is 12.1 Å². The zero-order chi connectivity index (χ0) is 16.1. The Morgan fingerprint density at radius 1 is 1.09 bits per heavy atom. The number of nitrogens with zero attached hydrogens (tertiary/aromatic N) is 2. The molecular formula is C20H30N2O. The molecule has 0 N–H and O–H groups in total. The third-order valence-electron chi connectivity index (χ3n) is 5.33. The molecule has 1 amide bonds. The molecule has 0 aliphatic carbocycles. The van der Waals surface area contributed by atoms with Gasteiger partial charge in [-0.2, -0.15) is 0 Å². The van der Waals surface area contributed by atoms with E-state index in [9.17, 15) is 4.79 Å². The van der Waals surface area contributed by atoms with E-state index in [0.717, 1.165) is 37.9 Å². The highest BCUT2D eigenvalue weighted by atomic mass is 16.2. The lowest BCUT2D eigenvalue weighted by molar-refractivity contribution is 0.0709. The summed E-state index contributed by atoms with van der Waals surface area (Å²) in [5.41, 5.74) is 2.21. The van der Waals surface area contributed by atoms with E-state index in [2.05, 4.69) is 28.9 Å². The molecule has 126 valence electrons. The Morgan fingerprint density at radius 3 is 2.52 bits per heavy atom. The minimum Gasteiger partial charge on any atom is -0.334 e. The van der Waals surface area contributed by atoms with Crippen LogP contribution in [0, 0.1) is 0 Å². The molecule has 0 aromatic heterocycles. The number of amides is 1. The third-order valence-corrected chi connectivity index (χ3v) is 5.33. The van der Waals surface area contributed by atoms with Crippen molar-refractivity contribution in [1.29, 1.82) is 0 Å². The minimum atomic E-state index is 0.230. The summed E-state index contributed by atoms with van der Waals surface area (Å²) in [7, 11) is 0. The van der Waals surface area contributed by atoms with Crippen molar-refractivity contribution in [3.63, 3.8) is 0 Å². The fourth-order valence-electron chi connectivity index (χ4n) is 3.92. The molecule has 1 aromatic rings. The van der Waals surface area contributed by atoms with Gasteiger partial charge in [0.1, 0.15) is 0 Å². The summed E-state index contributed by atoms with van der Waals surface area (Å²) in [6.45, 7) is 6.64. The van der Waals surface area contributed by atoms with E-state index in [1.54, 1.807) is 0 Å². The second kappa shape index (κ2) is 7.96. The lowest BCUT2D eigenvalue weighted by Gasteiger charge is -2.28. The van der Waals surface area contributed by atoms with Crippen molar-refractivity contribution in [2.45, 2.75) is 57.9 Å². The van der Waals surface area contributed by atoms with E-state index < -0.39 is 0 Å². The van der Waals surface area contributed by atoms with Crippen molar-refractivity contribution in [2.24, 2.45) is 0 Å². The summed E-state index contributed by atoms with van der Waals surface area (Å²) in [5.74, 6) is 0.230. The van der Waals surface area contributed by atoms with Crippen LogP contribution in [0.4, 0.5) is 0 Å². The SMILES string of the molecule is CCCCc1ccc(C(=O)N2CCCC2CN2CCCC2)cc1. The maximum Gasteiger partial charge on any atom is 0.254 e. The first-order valence-electron chi connectivity index (χ1n) is 9.40. The van der Waals surface area contributed by atoms with Crippen molar-refractivity contribution in [3.8, 4) is 0 Å². The van der Waals surface area contributed by atoms with Crippen LogP contribution in [-0.2, 0) is 6.42 Å². The largest absolute Gasteiger partial charge is 0.334 e. The van der Waals surface area contributed by atoms with Gasteiger partial charge in [-0.15, -0.1) is 0 Å². The van der Waals surface area contributed by atoms with Gasteiger partial charge in [-0.25, -0.2) is 0 Å². The number of unbranched alkanes of at least 4 members (excludes halogenated alkanes) is 1. The van der Waals surface area contributed by atoms with Crippen LogP contribution < -0.4 is 0 Å². The number of benzene rings is 1. The Kier molecular flexibility index (Phi) is 5.71. The summed E-state index contributed by atoms with van der Waals surface area (Å²) >= 11 is 0. The Labute approximate surface area is 140 Å². The van der Waals surface area contributed by atoms with Gasteiger partial charge in [-0.1, -0.05) is 25.5 Å². The number of hydrogen-bond acceptors (Lipinski definition) is 2. The Hall–Kier alpha value is -1.35. The van der Waals surface area contributed by atoms with Gasteiger partial charge in [0.15, 0.2) is 0 Å². The normalized spacial score (nSPS) is 22.0. The summed E-state index contributed by atoms with van der Waals surface area (Å²) in [6.07, 6.45) is 8.51. The molecule has 2 aliphatic rings. The van der Waals surface area contributed by atoms with Gasteiger partial charge < -0.3 is 9.80 Å². The van der Waals surface area contributed by atoms with Gasteiger partial charge in [0, 0.05) is 24.7 Å². The first kappa shape index (κ1) is 16.5. The van der Waals surface area contributed by atoms with E-state index in [1.165, 1.54) is 44.3 Å². The molecule has 2 heterocycles. The molecular weight excluding hydrogens is 284 g/mol. The van der Waals surface area contributed by atoms with Crippen LogP contribution in [0.2, 0.25) is 0 Å². The molecule has 0 bridgehead atoms. The Morgan fingerprint density at radius 2 is 1.83 bits per heavy atom. The maximum atomic E-state index is 12.9. The quantitative estimate of drug-likeness (QED) is 0.799. The molecule has 3 nitrogen and oxygen atoms in total. The standard InChI is InChI=1S/C20H30N2O/c1-2-3-7-17-9-11-18(12-10-17)20(23)22-15-6-8-19(22)16-21-13-4-5-14-21/h9-12,19H,2-8,13-16H2,1H3. The van der Waals surface area contributed by atoms with E-state index in [-0.39, 0.29) is 5.91 Å². The zero-order valence-corrected chi connectivity index (χ0v) is 14.5. The Balaban J connectivity index is 1.61. The summed E-state index contributed by atoms with van der Waals surface area (Å²) in [6, 6.07) is 8.74. The highest BCUT2D eigenvalue weighted by molar-refractivity contribution is 5.94. The molecule has 0 spiro atoms. The number of carbonyl (C=O) groups excluding carboxylic acids is 1. The number of rotatable bonds is 6. The summed E-state index contributed by atoms with van der Waals surface area (Å²) < 4.78 is 0. The molecule has 2 aliphatic heterocycles. The van der Waals surface area contributed by atoms with Gasteiger partial charge in [0.25, 0.3) is 5.91 Å². The highest BCUT2D eigenvalue weighted by Gasteiger charge is 2.31. The lowest BCUT2D eigenvalue weighted by Crippen LogP contribution is -2.42. The molecule has 1 aromatic carbocycles. The molecule has 1 unspecified atom stereocenters. The van der Waals surface area contributed by atoms with Crippen LogP contribution in [0.1, 0.15) is 61.4 Å². The maximum absolute atomic E-state index is 12.9. The molecule has 1 atom stereocenters. The third kappa shape index (κ3) is 4.14. The molecule has 2 saturated heterocycles. The zero-order valence-electron chi connectivity index (χ0n) is 14.5. The number of likely N-dealkylation sites (tertiary alicyclic amines) is 2. The number of aryl methyl sites for hydroxylation is 1. The highest BCUT2D eigenvalue weighted by Crippen LogP contribution is 2.23. The first-order chi connectivity index (χ1) is 11.3. The summed E-state index contributed by atoms with van der Waals surface area (Å²) in [5, 5.41) is 0. The minimum absolute atomic E-state index is 0.230. The number of hydrogen-bond donors (Lipinski definition) is 0. The van der Waals surface area contributed by atoms with Crippen LogP contribution in [0.5, 0.6) is 0 Å². The van der Waals surface area contributed by atoms with E-state index >= 15 is 0 Å². The predicted octanol–water partition coefficient (Wildman–Crippen LogP) is 3.73. The van der Waals surface area contributed by atoms with Crippen molar-refractivity contribution >= 4 is 5.91 Å². The molecule has 0 radical (unpaired) electrons. The van der Waals surface area contributed by atoms with Crippen LogP contribution >= 0.6 is 0 Å². The molecule has 0 saturated carbocycles. The molecule has 3 rings (SSSR count). The van der Waals surface area contributed by atoms with Crippen molar-refractivity contribution < 1.29 is 4.79 Å². The lowest BCUT2D eigenvalue weighted by atomic mass is 10.1. The van der Waals surface area contributed by atoms with Crippen molar-refractivity contribution in [3.05, 3.63) is 35.4 Å². The smallest absolute Gasteiger partial charge is 0.254 e. The van der Waals surface area contributed by atoms with Crippen molar-refractivity contribution in [1.82, 2.24) is 9.80 Å². The topological polar surface area (TPSA) is 23.6 Å². The van der Waals surface area contributed by atoms with Gasteiger partial charge in [-0.3, -0.25) is 4.79 Å². The van der Waals surface area contributed by atoms with Gasteiger partial charge in [-0.05, 0) is 69.3 Å². The Bertz CT molecular complexity index is 505. The van der Waals surface area contributed by atoms with Crippen molar-refractivity contribution in [2.75, 3.05) is 26.2 Å². The monoisotopic (exact) mass is 314 g/mol. The second-order valence-corrected chi connectivity index (χ2v) is 7.10. The van der Waals surface area contributed by atoms with Crippen LogP contribution in [0.15, 0.2) is 24.3 Å². The van der Waals surface area contributed by atoms with E-state index in [0.29, 0.717) is 6.04 Å². The van der Waals surface area contributed by atoms with Gasteiger partial charge in [0.2, 0.25) is 0 Å². The second-order valence-electron chi connectivity index (χ2n) is 7.10. The molecule has 2 fully saturated rings. The first-order valence-corrected chi connectivity index (χ1v) is 9.40. The van der Waals surface area contributed by atoms with Crippen LogP contribution in [0.25, 0.3) is 0 Å². The number of carbonyl (C=O) groups is 1. The van der Waals surface area contributed by atoms with Gasteiger partial charge >= 0.3 is 0 Å².